The van der Waals surface area contributed by atoms with Crippen LogP contribution in [0, 0.1) is 5.82 Å². The second kappa shape index (κ2) is 9.85. The lowest BCUT2D eigenvalue weighted by atomic mass is 10.1. The van der Waals surface area contributed by atoms with Gasteiger partial charge in [0.05, 0.1) is 24.1 Å². The van der Waals surface area contributed by atoms with Crippen LogP contribution in [0.3, 0.4) is 0 Å². The lowest BCUT2D eigenvalue weighted by Gasteiger charge is -2.34. The topological polar surface area (TPSA) is 115 Å². The molecule has 1 saturated heterocycles. The van der Waals surface area contributed by atoms with Crippen LogP contribution in [0.5, 0.6) is 0 Å². The Morgan fingerprint density at radius 3 is 2.97 bits per heavy atom. The first kappa shape index (κ1) is 23.0. The molecule has 8 nitrogen and oxygen atoms in total. The maximum absolute atomic E-state index is 13.5. The molecule has 10 heteroatoms. The molecule has 180 valence electrons. The Bertz CT molecular complexity index is 1350. The summed E-state index contributed by atoms with van der Waals surface area (Å²) in [6.45, 7) is 2.04. The maximum atomic E-state index is 13.5. The highest BCUT2D eigenvalue weighted by Crippen LogP contribution is 2.31. The molecule has 5 N–H and O–H groups in total. The predicted octanol–water partition coefficient (Wildman–Crippen LogP) is 3.96. The van der Waals surface area contributed by atoms with Gasteiger partial charge in [0, 0.05) is 42.0 Å². The summed E-state index contributed by atoms with van der Waals surface area (Å²) in [4.78, 5) is 19.7. The van der Waals surface area contributed by atoms with Gasteiger partial charge in [0.25, 0.3) is 5.91 Å². The SMILES string of the molecule is Nc1ccc(N2CCC[C@@H](N)C2)c(NC(=O)c2csc(-c3cnn(Cc4cccc(F)c4)c3)n2)c1. The van der Waals surface area contributed by atoms with Gasteiger partial charge in [-0.25, -0.2) is 9.37 Å². The van der Waals surface area contributed by atoms with Gasteiger partial charge in [-0.1, -0.05) is 12.1 Å². The highest BCUT2D eigenvalue weighted by molar-refractivity contribution is 7.13. The molecule has 2 aromatic heterocycles. The number of aromatic nitrogens is 3. The second-order valence-electron chi connectivity index (χ2n) is 8.67. The minimum Gasteiger partial charge on any atom is -0.399 e. The van der Waals surface area contributed by atoms with Crippen LogP contribution in [0.2, 0.25) is 0 Å². The molecular formula is C25H26FN7OS. The van der Waals surface area contributed by atoms with Crippen molar-refractivity contribution in [1.29, 1.82) is 0 Å². The van der Waals surface area contributed by atoms with Crippen LogP contribution in [0.15, 0.2) is 60.2 Å². The van der Waals surface area contributed by atoms with E-state index in [9.17, 15) is 9.18 Å². The summed E-state index contributed by atoms with van der Waals surface area (Å²) >= 11 is 1.36. The number of nitrogens with two attached hydrogens (primary N) is 2. The molecule has 3 heterocycles. The van der Waals surface area contributed by atoms with Crippen molar-refractivity contribution in [3.05, 3.63) is 77.3 Å². The van der Waals surface area contributed by atoms with E-state index in [0.29, 0.717) is 28.6 Å². The smallest absolute Gasteiger partial charge is 0.275 e. The maximum Gasteiger partial charge on any atom is 0.275 e. The van der Waals surface area contributed by atoms with Crippen LogP contribution >= 0.6 is 11.3 Å². The van der Waals surface area contributed by atoms with Gasteiger partial charge in [-0.05, 0) is 48.7 Å². The number of piperidine rings is 1. The molecule has 1 aliphatic rings. The van der Waals surface area contributed by atoms with Crippen LogP contribution < -0.4 is 21.7 Å². The lowest BCUT2D eigenvalue weighted by molar-refractivity contribution is 0.102. The molecule has 0 aliphatic carbocycles. The van der Waals surface area contributed by atoms with Gasteiger partial charge in [0.1, 0.15) is 16.5 Å². The van der Waals surface area contributed by atoms with Gasteiger partial charge < -0.3 is 21.7 Å². The largest absolute Gasteiger partial charge is 0.399 e. The Kier molecular flexibility index (Phi) is 6.47. The Morgan fingerprint density at radius 2 is 2.14 bits per heavy atom. The molecule has 0 spiro atoms. The summed E-state index contributed by atoms with van der Waals surface area (Å²) in [5.41, 5.74) is 16.2. The molecule has 0 saturated carbocycles. The number of carbonyl (C=O) groups excluding carboxylic acids is 1. The number of thiazole rings is 1. The van der Waals surface area contributed by atoms with Crippen molar-refractivity contribution in [3.8, 4) is 10.6 Å². The van der Waals surface area contributed by atoms with Gasteiger partial charge in [-0.3, -0.25) is 9.48 Å². The normalized spacial score (nSPS) is 15.8. The molecule has 0 bridgehead atoms. The standard InChI is InChI=1S/C25H26FN7OS/c26-18-4-1-3-16(9-18)12-33-13-17(11-29-33)25-31-22(15-35-25)24(34)30-21-10-19(27)6-7-23(21)32-8-2-5-20(28)14-32/h1,3-4,6-7,9-11,13,15,20H,2,5,8,12,14,27-28H2,(H,30,34)/t20-/m1/s1. The number of hydrogen-bond donors (Lipinski definition) is 3. The number of rotatable bonds is 6. The summed E-state index contributed by atoms with van der Waals surface area (Å²) in [7, 11) is 0. The number of amides is 1. The Morgan fingerprint density at radius 1 is 1.26 bits per heavy atom. The van der Waals surface area contributed by atoms with Crippen LogP contribution in [-0.4, -0.2) is 39.8 Å². The van der Waals surface area contributed by atoms with E-state index in [2.05, 4.69) is 20.3 Å². The minimum atomic E-state index is -0.312. The van der Waals surface area contributed by atoms with E-state index in [1.54, 1.807) is 28.4 Å². The number of anilines is 3. The number of carbonyl (C=O) groups is 1. The fourth-order valence-corrected chi connectivity index (χ4v) is 5.01. The quantitative estimate of drug-likeness (QED) is 0.352. The second-order valence-corrected chi connectivity index (χ2v) is 9.53. The summed E-state index contributed by atoms with van der Waals surface area (Å²) in [5, 5.41) is 9.72. The first-order chi connectivity index (χ1) is 16.9. The van der Waals surface area contributed by atoms with Crippen LogP contribution in [-0.2, 0) is 6.54 Å². The average molecular weight is 492 g/mol. The third-order valence-electron chi connectivity index (χ3n) is 5.92. The third kappa shape index (κ3) is 5.33. The van der Waals surface area contributed by atoms with Gasteiger partial charge in [-0.15, -0.1) is 11.3 Å². The average Bonchev–Trinajstić information content (AvgIpc) is 3.49. The zero-order chi connectivity index (χ0) is 24.4. The predicted molar refractivity (Wildman–Crippen MR) is 137 cm³/mol. The number of nitrogen functional groups attached to an aromatic ring is 1. The monoisotopic (exact) mass is 491 g/mol. The number of nitrogens with one attached hydrogen (secondary N) is 1. The number of hydrogen-bond acceptors (Lipinski definition) is 7. The third-order valence-corrected chi connectivity index (χ3v) is 6.81. The molecule has 1 amide bonds. The van der Waals surface area contributed by atoms with Gasteiger partial charge in [0.2, 0.25) is 0 Å². The van der Waals surface area contributed by atoms with Crippen molar-refractivity contribution < 1.29 is 9.18 Å². The molecule has 35 heavy (non-hydrogen) atoms. The van der Waals surface area contributed by atoms with Crippen molar-refractivity contribution in [2.24, 2.45) is 5.73 Å². The molecule has 4 aromatic rings. The van der Waals surface area contributed by atoms with E-state index in [0.717, 1.165) is 42.7 Å². The van der Waals surface area contributed by atoms with Crippen molar-refractivity contribution in [3.63, 3.8) is 0 Å². The van der Waals surface area contributed by atoms with E-state index in [1.165, 1.54) is 23.5 Å². The Balaban J connectivity index is 1.31. The fourth-order valence-electron chi connectivity index (χ4n) is 4.24. The fraction of sp³-hybridized carbons (Fsp3) is 0.240. The van der Waals surface area contributed by atoms with E-state index >= 15 is 0 Å². The molecular weight excluding hydrogens is 465 g/mol. The number of halogens is 1. The molecule has 2 aromatic carbocycles. The number of benzene rings is 2. The summed E-state index contributed by atoms with van der Waals surface area (Å²) in [6.07, 6.45) is 5.52. The zero-order valence-electron chi connectivity index (χ0n) is 19.0. The van der Waals surface area contributed by atoms with Crippen LogP contribution in [0.4, 0.5) is 21.5 Å². The van der Waals surface area contributed by atoms with Crippen molar-refractivity contribution in [1.82, 2.24) is 14.8 Å². The molecule has 5 rings (SSSR count). The summed E-state index contributed by atoms with van der Waals surface area (Å²) in [5.74, 6) is -0.593. The summed E-state index contributed by atoms with van der Waals surface area (Å²) in [6, 6.07) is 12.0. The molecule has 0 unspecified atom stereocenters. The minimum absolute atomic E-state index is 0.104. The highest BCUT2D eigenvalue weighted by Gasteiger charge is 2.21. The molecule has 1 fully saturated rings. The van der Waals surface area contributed by atoms with E-state index in [-0.39, 0.29) is 17.8 Å². The van der Waals surface area contributed by atoms with Gasteiger partial charge in [0.15, 0.2) is 0 Å². The van der Waals surface area contributed by atoms with Crippen molar-refractivity contribution in [2.75, 3.05) is 29.0 Å². The summed E-state index contributed by atoms with van der Waals surface area (Å²) < 4.78 is 15.2. The number of nitrogens with zero attached hydrogens (tertiary/aromatic N) is 4. The zero-order valence-corrected chi connectivity index (χ0v) is 19.8. The van der Waals surface area contributed by atoms with Gasteiger partial charge in [-0.2, -0.15) is 5.10 Å². The lowest BCUT2D eigenvalue weighted by Crippen LogP contribution is -2.43. The van der Waals surface area contributed by atoms with E-state index < -0.39 is 0 Å². The van der Waals surface area contributed by atoms with E-state index in [1.807, 2.05) is 24.4 Å². The van der Waals surface area contributed by atoms with E-state index in [4.69, 9.17) is 11.5 Å². The molecule has 0 radical (unpaired) electrons. The molecule has 1 atom stereocenters. The highest BCUT2D eigenvalue weighted by atomic mass is 32.1. The van der Waals surface area contributed by atoms with Crippen LogP contribution in [0.1, 0.15) is 28.9 Å². The first-order valence-electron chi connectivity index (χ1n) is 11.4. The van der Waals surface area contributed by atoms with Gasteiger partial charge >= 0.3 is 0 Å². The Labute approximate surface area is 206 Å². The molecule has 1 aliphatic heterocycles. The van der Waals surface area contributed by atoms with Crippen molar-refractivity contribution >= 4 is 34.3 Å². The first-order valence-corrected chi connectivity index (χ1v) is 12.3. The van der Waals surface area contributed by atoms with Crippen LogP contribution in [0.25, 0.3) is 10.6 Å². The van der Waals surface area contributed by atoms with Crippen molar-refractivity contribution in [2.45, 2.75) is 25.4 Å². The Hall–Kier alpha value is -3.76.